The minimum absolute atomic E-state index is 0.122. The Morgan fingerprint density at radius 2 is 1.46 bits per heavy atom. The molecule has 0 aliphatic carbocycles. The molecular formula is C23H18O. The fraction of sp³-hybridized carbons (Fsp3) is 0.130. The van der Waals surface area contributed by atoms with Gasteiger partial charge in [0.1, 0.15) is 6.10 Å². The van der Waals surface area contributed by atoms with E-state index in [4.69, 9.17) is 4.74 Å². The Morgan fingerprint density at radius 3 is 2.29 bits per heavy atom. The normalized spacial score (nSPS) is 15.9. The highest BCUT2D eigenvalue weighted by atomic mass is 16.5. The summed E-state index contributed by atoms with van der Waals surface area (Å²) in [6, 6.07) is 27.2. The van der Waals surface area contributed by atoms with E-state index in [-0.39, 0.29) is 6.10 Å². The number of hydrogen-bond acceptors (Lipinski definition) is 1. The van der Waals surface area contributed by atoms with E-state index in [0.717, 1.165) is 18.6 Å². The highest BCUT2D eigenvalue weighted by Crippen LogP contribution is 2.26. The fourth-order valence-corrected chi connectivity index (χ4v) is 3.04. The Kier molecular flexibility index (Phi) is 4.14. The summed E-state index contributed by atoms with van der Waals surface area (Å²) in [5.74, 6) is 6.54. The molecule has 0 radical (unpaired) electrons. The van der Waals surface area contributed by atoms with Crippen molar-refractivity contribution >= 4 is 0 Å². The zero-order valence-corrected chi connectivity index (χ0v) is 13.4. The van der Waals surface area contributed by atoms with Gasteiger partial charge in [-0.15, -0.1) is 0 Å². The largest absolute Gasteiger partial charge is 0.360 e. The average molecular weight is 310 g/mol. The second-order valence-electron chi connectivity index (χ2n) is 5.91. The van der Waals surface area contributed by atoms with Gasteiger partial charge in [0.2, 0.25) is 0 Å². The van der Waals surface area contributed by atoms with Crippen molar-refractivity contribution in [3.05, 3.63) is 95.6 Å². The molecule has 0 spiro atoms. The van der Waals surface area contributed by atoms with Crippen LogP contribution in [0.15, 0.2) is 78.9 Å². The van der Waals surface area contributed by atoms with Crippen LogP contribution in [0.1, 0.15) is 22.8 Å². The minimum Gasteiger partial charge on any atom is -0.360 e. The molecule has 24 heavy (non-hydrogen) atoms. The van der Waals surface area contributed by atoms with Crippen LogP contribution in [-0.2, 0) is 11.2 Å². The summed E-state index contributed by atoms with van der Waals surface area (Å²) in [5.41, 5.74) is 6.00. The van der Waals surface area contributed by atoms with E-state index in [0.29, 0.717) is 0 Å². The van der Waals surface area contributed by atoms with Crippen molar-refractivity contribution in [3.63, 3.8) is 0 Å². The summed E-state index contributed by atoms with van der Waals surface area (Å²) in [7, 11) is 0. The first-order valence-corrected chi connectivity index (χ1v) is 8.26. The Balaban J connectivity index is 1.56. The molecule has 116 valence electrons. The van der Waals surface area contributed by atoms with Crippen molar-refractivity contribution in [2.24, 2.45) is 0 Å². The molecule has 0 fully saturated rings. The Bertz CT molecular complexity index is 883. The minimum atomic E-state index is -0.122. The summed E-state index contributed by atoms with van der Waals surface area (Å²) in [5, 5.41) is 0. The van der Waals surface area contributed by atoms with E-state index in [2.05, 4.69) is 84.6 Å². The molecule has 3 aromatic carbocycles. The Hall–Kier alpha value is -2.82. The van der Waals surface area contributed by atoms with E-state index in [1.807, 2.05) is 6.07 Å². The number of fused-ring (bicyclic) bond motifs is 1. The molecule has 0 bridgehead atoms. The van der Waals surface area contributed by atoms with Crippen LogP contribution in [-0.4, -0.2) is 6.61 Å². The molecule has 1 heteroatoms. The van der Waals surface area contributed by atoms with Gasteiger partial charge in [0.25, 0.3) is 0 Å². The molecule has 0 amide bonds. The molecule has 1 aliphatic rings. The molecule has 1 atom stereocenters. The number of rotatable bonds is 1. The molecule has 0 aromatic heterocycles. The molecule has 1 nitrogen and oxygen atoms in total. The molecule has 1 heterocycles. The van der Waals surface area contributed by atoms with Crippen molar-refractivity contribution in [2.45, 2.75) is 12.5 Å². The lowest BCUT2D eigenvalue weighted by Gasteiger charge is -2.21. The Labute approximate surface area is 142 Å². The van der Waals surface area contributed by atoms with Crippen LogP contribution in [0.2, 0.25) is 0 Å². The van der Waals surface area contributed by atoms with Crippen LogP contribution in [0.25, 0.3) is 11.1 Å². The lowest BCUT2D eigenvalue weighted by atomic mass is 9.97. The van der Waals surface area contributed by atoms with Gasteiger partial charge in [0, 0.05) is 5.56 Å². The second kappa shape index (κ2) is 6.74. The van der Waals surface area contributed by atoms with Gasteiger partial charge in [-0.05, 0) is 40.8 Å². The number of ether oxygens (including phenoxy) is 1. The lowest BCUT2D eigenvalue weighted by Crippen LogP contribution is -2.14. The third kappa shape index (κ3) is 3.11. The molecule has 1 unspecified atom stereocenters. The first kappa shape index (κ1) is 14.8. The molecule has 0 N–H and O–H groups in total. The molecule has 0 saturated carbocycles. The molecular weight excluding hydrogens is 292 g/mol. The van der Waals surface area contributed by atoms with Crippen LogP contribution in [0.3, 0.4) is 0 Å². The van der Waals surface area contributed by atoms with Crippen molar-refractivity contribution < 1.29 is 4.74 Å². The zero-order valence-electron chi connectivity index (χ0n) is 13.4. The van der Waals surface area contributed by atoms with Gasteiger partial charge in [0.05, 0.1) is 6.61 Å². The Morgan fingerprint density at radius 1 is 0.750 bits per heavy atom. The number of hydrogen-bond donors (Lipinski definition) is 0. The highest BCUT2D eigenvalue weighted by Gasteiger charge is 2.17. The van der Waals surface area contributed by atoms with Crippen molar-refractivity contribution in [2.75, 3.05) is 6.61 Å². The van der Waals surface area contributed by atoms with Crippen LogP contribution < -0.4 is 0 Å². The van der Waals surface area contributed by atoms with Crippen LogP contribution in [0.4, 0.5) is 0 Å². The van der Waals surface area contributed by atoms with Crippen molar-refractivity contribution in [3.8, 4) is 23.0 Å². The van der Waals surface area contributed by atoms with Crippen molar-refractivity contribution in [1.82, 2.24) is 0 Å². The van der Waals surface area contributed by atoms with E-state index in [1.165, 1.54) is 22.3 Å². The van der Waals surface area contributed by atoms with Gasteiger partial charge in [-0.2, -0.15) is 0 Å². The zero-order chi connectivity index (χ0) is 16.2. The first-order chi connectivity index (χ1) is 11.9. The fourth-order valence-electron chi connectivity index (χ4n) is 3.04. The van der Waals surface area contributed by atoms with Gasteiger partial charge in [-0.3, -0.25) is 0 Å². The lowest BCUT2D eigenvalue weighted by molar-refractivity contribution is 0.0814. The molecule has 0 saturated heterocycles. The van der Waals surface area contributed by atoms with E-state index in [9.17, 15) is 0 Å². The van der Waals surface area contributed by atoms with Gasteiger partial charge in [0.15, 0.2) is 0 Å². The maximum Gasteiger partial charge on any atom is 0.144 e. The van der Waals surface area contributed by atoms with Gasteiger partial charge >= 0.3 is 0 Å². The van der Waals surface area contributed by atoms with Crippen LogP contribution in [0.5, 0.6) is 0 Å². The highest BCUT2D eigenvalue weighted by molar-refractivity contribution is 5.64. The van der Waals surface area contributed by atoms with Crippen LogP contribution in [0, 0.1) is 11.8 Å². The maximum absolute atomic E-state index is 5.85. The molecule has 1 aliphatic heterocycles. The SMILES string of the molecule is C(#CC1OCCc2ccccc21)c1ccc(-c2ccccc2)cc1. The third-order valence-corrected chi connectivity index (χ3v) is 4.33. The standard InChI is InChI=1S/C23H18O/c1-2-6-19(7-3-1)20-13-10-18(11-14-20)12-15-23-22-9-5-4-8-21(22)16-17-24-23/h1-11,13-14,23H,16-17H2. The van der Waals surface area contributed by atoms with Crippen molar-refractivity contribution in [1.29, 1.82) is 0 Å². The quantitative estimate of drug-likeness (QED) is 0.574. The van der Waals surface area contributed by atoms with E-state index in [1.54, 1.807) is 0 Å². The van der Waals surface area contributed by atoms with Gasteiger partial charge in [-0.1, -0.05) is 78.6 Å². The van der Waals surface area contributed by atoms with Gasteiger partial charge < -0.3 is 4.74 Å². The number of benzene rings is 3. The van der Waals surface area contributed by atoms with E-state index < -0.39 is 0 Å². The first-order valence-electron chi connectivity index (χ1n) is 8.26. The van der Waals surface area contributed by atoms with Crippen LogP contribution >= 0.6 is 0 Å². The van der Waals surface area contributed by atoms with Gasteiger partial charge in [-0.25, -0.2) is 0 Å². The van der Waals surface area contributed by atoms with E-state index >= 15 is 0 Å². The summed E-state index contributed by atoms with van der Waals surface area (Å²) >= 11 is 0. The predicted octanol–water partition coefficient (Wildman–Crippen LogP) is 5.02. The average Bonchev–Trinajstić information content (AvgIpc) is 2.67. The maximum atomic E-state index is 5.85. The topological polar surface area (TPSA) is 9.23 Å². The second-order valence-corrected chi connectivity index (χ2v) is 5.91. The smallest absolute Gasteiger partial charge is 0.144 e. The molecule has 3 aromatic rings. The molecule has 4 rings (SSSR count). The monoisotopic (exact) mass is 310 g/mol. The summed E-state index contributed by atoms with van der Waals surface area (Å²) in [4.78, 5) is 0. The third-order valence-electron chi connectivity index (χ3n) is 4.33. The predicted molar refractivity (Wildman–Crippen MR) is 97.6 cm³/mol. The summed E-state index contributed by atoms with van der Waals surface area (Å²) in [6.07, 6.45) is 0.851. The summed E-state index contributed by atoms with van der Waals surface area (Å²) in [6.45, 7) is 0.739. The summed E-state index contributed by atoms with van der Waals surface area (Å²) < 4.78 is 5.85.